The molecule has 2 rings (SSSR count). The van der Waals surface area contributed by atoms with Crippen molar-refractivity contribution in [1.29, 1.82) is 0 Å². The van der Waals surface area contributed by atoms with E-state index in [1.807, 2.05) is 20.8 Å². The van der Waals surface area contributed by atoms with E-state index in [2.05, 4.69) is 31.6 Å². The van der Waals surface area contributed by atoms with Crippen LogP contribution in [-0.4, -0.2) is 114 Å². The van der Waals surface area contributed by atoms with Gasteiger partial charge in [0.05, 0.1) is 6.42 Å². The van der Waals surface area contributed by atoms with Crippen LogP contribution in [0, 0.1) is 11.8 Å². The lowest BCUT2D eigenvalue weighted by atomic mass is 9.86. The Kier molecular flexibility index (Phi) is 22.2. The number of unbranched alkanes of at least 4 members (excludes halogenated alkanes) is 1. The number of nitrogens with one attached hydrogen (secondary N) is 5. The van der Waals surface area contributed by atoms with Gasteiger partial charge in [-0.05, 0) is 56.8 Å². The molecular weight excluding hydrogens is 765 g/mol. The number of likely N-dealkylation sites (tertiary alicyclic amines) is 1. The van der Waals surface area contributed by atoms with Gasteiger partial charge in [-0.3, -0.25) is 43.3 Å². The van der Waals surface area contributed by atoms with Crippen molar-refractivity contribution in [3.63, 3.8) is 0 Å². The minimum absolute atomic E-state index is 0.00555. The zero-order valence-corrected chi connectivity index (χ0v) is 35.1. The molecule has 15 N–H and O–H groups in total. The molecule has 0 unspecified atom stereocenters. The summed E-state index contributed by atoms with van der Waals surface area (Å²) in [5, 5.41) is 13.4. The van der Waals surface area contributed by atoms with Crippen LogP contribution in [0.3, 0.4) is 0 Å². The zero-order valence-electron chi connectivity index (χ0n) is 35.1. The van der Waals surface area contributed by atoms with Gasteiger partial charge < -0.3 is 60.2 Å². The minimum Gasteiger partial charge on any atom is -0.370 e. The van der Waals surface area contributed by atoms with E-state index in [1.54, 1.807) is 0 Å². The first-order chi connectivity index (χ1) is 28.0. The van der Waals surface area contributed by atoms with Gasteiger partial charge in [-0.15, -0.1) is 0 Å². The molecule has 20 heteroatoms. The summed E-state index contributed by atoms with van der Waals surface area (Å²) >= 11 is 0. The van der Waals surface area contributed by atoms with Crippen LogP contribution in [0.2, 0.25) is 0 Å². The highest BCUT2D eigenvalue weighted by Crippen LogP contribution is 2.27. The Balaban J connectivity index is 2.17. The highest BCUT2D eigenvalue weighted by Gasteiger charge is 2.39. The number of nitrogens with two attached hydrogens (primary N) is 5. The molecule has 1 saturated carbocycles. The summed E-state index contributed by atoms with van der Waals surface area (Å²) in [4.78, 5) is 110. The maximum atomic E-state index is 13.9. The van der Waals surface area contributed by atoms with Gasteiger partial charge in [0.25, 0.3) is 0 Å². The van der Waals surface area contributed by atoms with Gasteiger partial charge >= 0.3 is 0 Å². The Labute approximate surface area is 347 Å². The maximum absolute atomic E-state index is 13.9. The molecule has 0 aromatic heterocycles. The van der Waals surface area contributed by atoms with E-state index in [4.69, 9.17) is 28.7 Å². The Morgan fingerprint density at radius 2 is 1.31 bits per heavy atom. The zero-order chi connectivity index (χ0) is 44.1. The first kappa shape index (κ1) is 50.1. The summed E-state index contributed by atoms with van der Waals surface area (Å²) in [6.07, 6.45) is 9.13. The number of primary amides is 2. The lowest BCUT2D eigenvalue weighted by Crippen LogP contribution is -2.60. The molecule has 0 spiro atoms. The summed E-state index contributed by atoms with van der Waals surface area (Å²) in [7, 11) is 0. The van der Waals surface area contributed by atoms with Gasteiger partial charge in [0.2, 0.25) is 47.3 Å². The van der Waals surface area contributed by atoms with Gasteiger partial charge in [0.1, 0.15) is 36.3 Å². The highest BCUT2D eigenvalue weighted by molar-refractivity contribution is 5.97. The van der Waals surface area contributed by atoms with Crippen molar-refractivity contribution in [1.82, 2.24) is 31.5 Å². The van der Waals surface area contributed by atoms with Crippen molar-refractivity contribution in [3.8, 4) is 0 Å². The Hall–Kier alpha value is -5.01. The second-order valence-electron chi connectivity index (χ2n) is 16.1. The van der Waals surface area contributed by atoms with E-state index in [1.165, 1.54) is 24.2 Å². The lowest BCUT2D eigenvalue weighted by Gasteiger charge is -2.30. The van der Waals surface area contributed by atoms with Crippen LogP contribution in [0.1, 0.15) is 124 Å². The number of hydrogen-bond acceptors (Lipinski definition) is 10. The number of carbonyl (C=O) groups excluding carboxylic acids is 8. The van der Waals surface area contributed by atoms with Crippen molar-refractivity contribution in [2.75, 3.05) is 19.6 Å². The molecule has 0 radical (unpaired) electrons. The average molecular weight is 835 g/mol. The predicted molar refractivity (Wildman–Crippen MR) is 221 cm³/mol. The third kappa shape index (κ3) is 18.2. The van der Waals surface area contributed by atoms with Crippen molar-refractivity contribution in [3.05, 3.63) is 0 Å². The normalized spacial score (nSPS) is 18.1. The summed E-state index contributed by atoms with van der Waals surface area (Å²) < 4.78 is 0. The summed E-state index contributed by atoms with van der Waals surface area (Å²) in [5.41, 5.74) is 27.4. The van der Waals surface area contributed by atoms with Gasteiger partial charge in [-0.2, -0.15) is 0 Å². The largest absolute Gasteiger partial charge is 0.370 e. The number of carbonyl (C=O) groups is 8. The molecule has 59 heavy (non-hydrogen) atoms. The minimum atomic E-state index is -1.43. The Bertz CT molecular complexity index is 1470. The molecule has 1 saturated heterocycles. The Morgan fingerprint density at radius 1 is 0.712 bits per heavy atom. The lowest BCUT2D eigenvalue weighted by molar-refractivity contribution is -0.142. The highest BCUT2D eigenvalue weighted by atomic mass is 16.2. The number of hydrogen-bond donors (Lipinski definition) is 10. The fourth-order valence-corrected chi connectivity index (χ4v) is 7.46. The van der Waals surface area contributed by atoms with Crippen molar-refractivity contribution >= 4 is 53.2 Å². The summed E-state index contributed by atoms with van der Waals surface area (Å²) in [6.45, 7) is 5.76. The van der Waals surface area contributed by atoms with Crippen molar-refractivity contribution in [2.24, 2.45) is 45.5 Å². The molecule has 1 heterocycles. The van der Waals surface area contributed by atoms with E-state index in [0.29, 0.717) is 31.6 Å². The van der Waals surface area contributed by atoms with Crippen molar-refractivity contribution < 1.29 is 38.4 Å². The molecule has 8 amide bonds. The smallest absolute Gasteiger partial charge is 0.247 e. The third-order valence-electron chi connectivity index (χ3n) is 10.7. The van der Waals surface area contributed by atoms with E-state index < -0.39 is 84.0 Å². The summed E-state index contributed by atoms with van der Waals surface area (Å²) in [6, 6.07) is -6.88. The molecule has 0 aromatic carbocycles. The van der Waals surface area contributed by atoms with Crippen LogP contribution in [0.4, 0.5) is 0 Å². The van der Waals surface area contributed by atoms with Gasteiger partial charge in [-0.1, -0.05) is 65.7 Å². The number of rotatable bonds is 26. The Morgan fingerprint density at radius 3 is 1.88 bits per heavy atom. The average Bonchev–Trinajstić information content (AvgIpc) is 3.68. The van der Waals surface area contributed by atoms with Crippen LogP contribution in [-0.2, 0) is 38.4 Å². The molecule has 2 fully saturated rings. The second-order valence-corrected chi connectivity index (χ2v) is 16.1. The fourth-order valence-electron chi connectivity index (χ4n) is 7.46. The molecule has 1 aliphatic heterocycles. The molecular formula is C39H70N12O8. The quantitative estimate of drug-likeness (QED) is 0.0268. The van der Waals surface area contributed by atoms with E-state index in [9.17, 15) is 38.4 Å². The fraction of sp³-hybridized carbons (Fsp3) is 0.769. The standard InChI is InChI=1S/C39H70N12O8/c1-4-5-13-25(47-36(57)28(20-23(2)3)46-32(53)17-16-24-11-7-6-8-12-24)35(56)50-29(22-40)38(59)51-19-10-15-30(51)37(58)48-26(14-9-18-45-39(43)44)34(55)49-27(33(42)54)21-31(41)52/h23-30H,4-22,40H2,1-3H3,(H2,41,52)(H2,42,54)(H,46,53)(H,47,57)(H,48,58)(H,49,55)(H,50,56)(H4,43,44,45)/t25-,26-,27-,28-,29-,30-/m0/s1. The van der Waals surface area contributed by atoms with Crippen LogP contribution < -0.4 is 55.3 Å². The molecule has 334 valence electrons. The molecule has 1 aliphatic carbocycles. The van der Waals surface area contributed by atoms with Crippen LogP contribution in [0.5, 0.6) is 0 Å². The molecule has 0 aromatic rings. The van der Waals surface area contributed by atoms with Crippen molar-refractivity contribution in [2.45, 2.75) is 160 Å². The van der Waals surface area contributed by atoms with Crippen LogP contribution >= 0.6 is 0 Å². The number of aliphatic imine (C=N–C) groups is 1. The van der Waals surface area contributed by atoms with Gasteiger partial charge in [0.15, 0.2) is 5.96 Å². The van der Waals surface area contributed by atoms with E-state index >= 15 is 0 Å². The topological polar surface area (TPSA) is 342 Å². The third-order valence-corrected chi connectivity index (χ3v) is 10.7. The SMILES string of the molecule is CCCC[C@H](NC(=O)[C@H](CC(C)C)NC(=O)CCC1CCCCC1)C(=O)N[C@@H](CN)C(=O)N1CCC[C@H]1C(=O)N[C@@H](CCCN=C(N)N)C(=O)N[C@@H](CC(N)=O)C(N)=O. The van der Waals surface area contributed by atoms with Gasteiger partial charge in [0, 0.05) is 26.1 Å². The predicted octanol–water partition coefficient (Wildman–Crippen LogP) is -1.63. The monoisotopic (exact) mass is 835 g/mol. The van der Waals surface area contributed by atoms with E-state index in [-0.39, 0.29) is 63.1 Å². The molecule has 6 atom stereocenters. The molecule has 2 aliphatic rings. The molecule has 0 bridgehead atoms. The van der Waals surface area contributed by atoms with Gasteiger partial charge in [-0.25, -0.2) is 0 Å². The van der Waals surface area contributed by atoms with E-state index in [0.717, 1.165) is 25.7 Å². The summed E-state index contributed by atoms with van der Waals surface area (Å²) in [5.74, 6) is -4.99. The number of nitrogens with zero attached hydrogens (tertiary/aromatic N) is 2. The van der Waals surface area contributed by atoms with Crippen LogP contribution in [0.15, 0.2) is 4.99 Å². The first-order valence-corrected chi connectivity index (χ1v) is 21.1. The van der Waals surface area contributed by atoms with Crippen LogP contribution in [0.25, 0.3) is 0 Å². The second kappa shape index (κ2) is 26.2. The first-order valence-electron chi connectivity index (χ1n) is 21.1. The maximum Gasteiger partial charge on any atom is 0.247 e. The molecule has 20 nitrogen and oxygen atoms in total. The number of guanidine groups is 1. The number of amides is 8.